The minimum atomic E-state index is 0.167. The molecule has 28 heavy (non-hydrogen) atoms. The summed E-state index contributed by atoms with van der Waals surface area (Å²) in [7, 11) is 2.14. The third-order valence-corrected chi connectivity index (χ3v) is 5.38. The van der Waals surface area contributed by atoms with Crippen molar-refractivity contribution in [3.63, 3.8) is 0 Å². The first-order valence-corrected chi connectivity index (χ1v) is 9.44. The molecule has 0 spiro atoms. The topological polar surface area (TPSA) is 85.6 Å². The molecule has 1 aromatic carbocycles. The number of hydrogen-bond donors (Lipinski definition) is 2. The second-order valence-corrected chi connectivity index (χ2v) is 7.49. The summed E-state index contributed by atoms with van der Waals surface area (Å²) >= 11 is 0. The number of hydrogen-bond acceptors (Lipinski definition) is 6. The molecule has 0 unspecified atom stereocenters. The molecule has 7 nitrogen and oxygen atoms in total. The number of benzene rings is 1. The van der Waals surface area contributed by atoms with E-state index < -0.39 is 0 Å². The zero-order valence-electron chi connectivity index (χ0n) is 16.4. The van der Waals surface area contributed by atoms with Crippen molar-refractivity contribution in [2.75, 3.05) is 45.5 Å². The molecule has 0 saturated carbocycles. The molecule has 3 N–H and O–H groups in total. The number of nitrogens with zero attached hydrogens (tertiary/aromatic N) is 4. The van der Waals surface area contributed by atoms with Crippen molar-refractivity contribution in [2.24, 2.45) is 0 Å². The Morgan fingerprint density at radius 3 is 2.79 bits per heavy atom. The summed E-state index contributed by atoms with van der Waals surface area (Å²) in [5, 5.41) is 8.67. The molecule has 1 aromatic heterocycles. The van der Waals surface area contributed by atoms with Gasteiger partial charge in [-0.05, 0) is 48.9 Å². The van der Waals surface area contributed by atoms with Gasteiger partial charge in [-0.15, -0.1) is 0 Å². The summed E-state index contributed by atoms with van der Waals surface area (Å²) in [6.07, 6.45) is 4.07. The Hall–Kier alpha value is -2.90. The highest BCUT2D eigenvalue weighted by molar-refractivity contribution is 5.90. The van der Waals surface area contributed by atoms with Crippen LogP contribution in [0.4, 0.5) is 6.01 Å². The number of amidine groups is 1. The Kier molecular flexibility index (Phi) is 4.78. The number of fused-ring (bicyclic) bond motifs is 1. The van der Waals surface area contributed by atoms with Crippen LogP contribution in [0.1, 0.15) is 12.5 Å². The Balaban J connectivity index is 1.58. The van der Waals surface area contributed by atoms with E-state index in [4.69, 9.17) is 15.6 Å². The van der Waals surface area contributed by atoms with Crippen LogP contribution in [-0.2, 0) is 0 Å². The van der Waals surface area contributed by atoms with Gasteiger partial charge in [-0.1, -0.05) is 12.6 Å². The van der Waals surface area contributed by atoms with Gasteiger partial charge in [0.15, 0.2) is 5.58 Å². The fourth-order valence-electron chi connectivity index (χ4n) is 3.58. The number of oxazole rings is 1. The van der Waals surface area contributed by atoms with E-state index >= 15 is 0 Å². The first-order chi connectivity index (χ1) is 13.4. The van der Waals surface area contributed by atoms with E-state index in [1.54, 1.807) is 0 Å². The van der Waals surface area contributed by atoms with Crippen LogP contribution in [0.2, 0.25) is 0 Å². The van der Waals surface area contributed by atoms with Crippen LogP contribution in [0, 0.1) is 5.41 Å². The Morgan fingerprint density at radius 1 is 1.29 bits per heavy atom. The lowest BCUT2D eigenvalue weighted by molar-refractivity contribution is 0.168. The first kappa shape index (κ1) is 18.5. The molecule has 4 rings (SSSR count). The Bertz CT molecular complexity index is 993. The van der Waals surface area contributed by atoms with Crippen LogP contribution in [-0.4, -0.2) is 65.3 Å². The Morgan fingerprint density at radius 2 is 2.04 bits per heavy atom. The van der Waals surface area contributed by atoms with Crippen molar-refractivity contribution in [3.8, 4) is 0 Å². The largest absolute Gasteiger partial charge is 0.424 e. The molecule has 7 heteroatoms. The zero-order chi connectivity index (χ0) is 19.8. The van der Waals surface area contributed by atoms with Crippen molar-refractivity contribution in [1.29, 1.82) is 5.41 Å². The predicted molar refractivity (Wildman–Crippen MR) is 113 cm³/mol. The van der Waals surface area contributed by atoms with Gasteiger partial charge in [-0.3, -0.25) is 10.3 Å². The molecule has 1 fully saturated rings. The molecule has 2 aliphatic heterocycles. The highest BCUT2D eigenvalue weighted by Gasteiger charge is 2.22. The van der Waals surface area contributed by atoms with E-state index in [-0.39, 0.29) is 6.01 Å². The lowest BCUT2D eigenvalue weighted by atomic mass is 9.99. The molecule has 0 amide bonds. The van der Waals surface area contributed by atoms with Crippen LogP contribution in [0.25, 0.3) is 16.7 Å². The van der Waals surface area contributed by atoms with Gasteiger partial charge in [0.1, 0.15) is 11.4 Å². The number of nitrogens with one attached hydrogen (secondary N) is 1. The van der Waals surface area contributed by atoms with E-state index in [9.17, 15) is 0 Å². The van der Waals surface area contributed by atoms with Gasteiger partial charge >= 0.3 is 0 Å². The highest BCUT2D eigenvalue weighted by Crippen LogP contribution is 2.30. The summed E-state index contributed by atoms with van der Waals surface area (Å²) in [5.41, 5.74) is 10.9. The van der Waals surface area contributed by atoms with Gasteiger partial charge in [0.05, 0.1) is 6.54 Å². The predicted octanol–water partition coefficient (Wildman–Crippen LogP) is 2.75. The van der Waals surface area contributed by atoms with E-state index in [1.165, 1.54) is 0 Å². The van der Waals surface area contributed by atoms with E-state index in [0.717, 1.165) is 54.1 Å². The first-order valence-electron chi connectivity index (χ1n) is 9.44. The monoisotopic (exact) mass is 378 g/mol. The SMILES string of the molecule is C=C1C(C)=CC(c2ccc3nc(N)oc3c2)=CN1C(=N)CN1CCN(C)CC1. The van der Waals surface area contributed by atoms with Crippen molar-refractivity contribution < 1.29 is 4.42 Å². The summed E-state index contributed by atoms with van der Waals surface area (Å²) in [5.74, 6) is 0.532. The molecule has 0 radical (unpaired) electrons. The summed E-state index contributed by atoms with van der Waals surface area (Å²) in [6.45, 7) is 10.9. The van der Waals surface area contributed by atoms with E-state index in [0.29, 0.717) is 18.0 Å². The maximum absolute atomic E-state index is 8.67. The molecule has 0 aliphatic carbocycles. The van der Waals surface area contributed by atoms with Crippen LogP contribution < -0.4 is 5.73 Å². The standard InChI is InChI=1S/C21H26N6O/c1-14-10-17(16-4-5-18-19(11-16)28-21(23)24-18)12-27(15(14)2)20(22)13-26-8-6-25(3)7-9-26/h4-5,10-12,22H,2,6-9,13H2,1,3H3,(H2,23,24). The number of aromatic nitrogens is 1. The lowest BCUT2D eigenvalue weighted by Crippen LogP contribution is -2.48. The van der Waals surface area contributed by atoms with Crippen molar-refractivity contribution in [3.05, 3.63) is 53.9 Å². The number of likely N-dealkylation sites (N-methyl/N-ethyl adjacent to an activating group) is 1. The number of anilines is 1. The molecular weight excluding hydrogens is 352 g/mol. The van der Waals surface area contributed by atoms with E-state index in [2.05, 4.69) is 34.5 Å². The number of nitrogens with two attached hydrogens (primary N) is 1. The normalized spacial score (nSPS) is 19.1. The average Bonchev–Trinajstić information content (AvgIpc) is 3.04. The van der Waals surface area contributed by atoms with Gasteiger partial charge in [0.25, 0.3) is 6.01 Å². The van der Waals surface area contributed by atoms with Crippen molar-refractivity contribution in [2.45, 2.75) is 6.92 Å². The summed E-state index contributed by atoms with van der Waals surface area (Å²) in [6, 6.07) is 6.00. The minimum absolute atomic E-state index is 0.167. The third-order valence-electron chi connectivity index (χ3n) is 5.38. The number of rotatable bonds is 3. The summed E-state index contributed by atoms with van der Waals surface area (Å²) in [4.78, 5) is 10.7. The highest BCUT2D eigenvalue weighted by atomic mass is 16.4. The van der Waals surface area contributed by atoms with Crippen molar-refractivity contribution in [1.82, 2.24) is 19.7 Å². The second-order valence-electron chi connectivity index (χ2n) is 7.49. The number of piperazine rings is 1. The van der Waals surface area contributed by atoms with Crippen LogP contribution in [0.15, 0.2) is 52.7 Å². The lowest BCUT2D eigenvalue weighted by Gasteiger charge is -2.35. The smallest absolute Gasteiger partial charge is 0.292 e. The van der Waals surface area contributed by atoms with Crippen molar-refractivity contribution >= 4 is 28.5 Å². The molecule has 2 aromatic rings. The third kappa shape index (κ3) is 3.58. The van der Waals surface area contributed by atoms with Gasteiger partial charge in [-0.25, -0.2) is 0 Å². The maximum atomic E-state index is 8.67. The quantitative estimate of drug-likeness (QED) is 0.631. The maximum Gasteiger partial charge on any atom is 0.292 e. The molecule has 0 atom stereocenters. The number of nitrogen functional groups attached to an aromatic ring is 1. The molecule has 1 saturated heterocycles. The average molecular weight is 378 g/mol. The number of allylic oxidation sites excluding steroid dienone is 3. The van der Waals surface area contributed by atoms with Crippen LogP contribution in [0.3, 0.4) is 0 Å². The summed E-state index contributed by atoms with van der Waals surface area (Å²) < 4.78 is 5.47. The van der Waals surface area contributed by atoms with Gasteiger partial charge in [-0.2, -0.15) is 4.98 Å². The van der Waals surface area contributed by atoms with E-state index in [1.807, 2.05) is 36.2 Å². The molecular formula is C21H26N6O. The zero-order valence-corrected chi connectivity index (χ0v) is 16.4. The van der Waals surface area contributed by atoms with Gasteiger partial charge in [0.2, 0.25) is 0 Å². The fraction of sp³-hybridized carbons (Fsp3) is 0.333. The van der Waals surface area contributed by atoms with Crippen LogP contribution >= 0.6 is 0 Å². The van der Waals surface area contributed by atoms with Crippen LogP contribution in [0.5, 0.6) is 0 Å². The molecule has 0 bridgehead atoms. The molecule has 2 aliphatic rings. The Labute approximate surface area is 164 Å². The van der Waals surface area contributed by atoms with Gasteiger partial charge < -0.3 is 20.0 Å². The fourth-order valence-corrected chi connectivity index (χ4v) is 3.58. The molecule has 3 heterocycles. The molecule has 146 valence electrons. The minimum Gasteiger partial charge on any atom is -0.424 e. The second kappa shape index (κ2) is 7.26. The van der Waals surface area contributed by atoms with Gasteiger partial charge in [0, 0.05) is 38.1 Å².